The molecule has 1 atom stereocenters. The highest BCUT2D eigenvalue weighted by Crippen LogP contribution is 2.32. The van der Waals surface area contributed by atoms with E-state index in [1.54, 1.807) is 16.8 Å². The van der Waals surface area contributed by atoms with Crippen LogP contribution in [-0.4, -0.2) is 38.7 Å². The lowest BCUT2D eigenvalue weighted by Crippen LogP contribution is -2.40. The lowest BCUT2D eigenvalue weighted by Gasteiger charge is -2.34. The molecule has 0 fully saturated rings. The van der Waals surface area contributed by atoms with Crippen LogP contribution in [0.3, 0.4) is 0 Å². The van der Waals surface area contributed by atoms with Gasteiger partial charge in [-0.05, 0) is 54.8 Å². The highest BCUT2D eigenvalue weighted by Gasteiger charge is 2.33. The van der Waals surface area contributed by atoms with Crippen LogP contribution < -0.4 is 5.73 Å². The Balaban J connectivity index is 1.85. The molecule has 0 unspecified atom stereocenters. The topological polar surface area (TPSA) is 77.0 Å². The van der Waals surface area contributed by atoms with Gasteiger partial charge in [-0.1, -0.05) is 74.0 Å². The summed E-state index contributed by atoms with van der Waals surface area (Å²) in [6.07, 6.45) is 0.629. The molecule has 0 aliphatic rings. The van der Waals surface area contributed by atoms with Crippen molar-refractivity contribution < 1.29 is 9.18 Å². The predicted molar refractivity (Wildman–Crippen MR) is 145 cm³/mol. The van der Waals surface area contributed by atoms with Crippen LogP contribution in [0.25, 0.3) is 11.4 Å². The van der Waals surface area contributed by atoms with Gasteiger partial charge >= 0.3 is 0 Å². The molecule has 0 aliphatic heterocycles. The molecule has 1 aromatic heterocycles. The zero-order chi connectivity index (χ0) is 26.4. The second-order valence-corrected chi connectivity index (χ2v) is 9.69. The maximum Gasteiger partial charge on any atom is 0.254 e. The van der Waals surface area contributed by atoms with E-state index in [0.717, 1.165) is 5.56 Å². The Morgan fingerprint density at radius 1 is 1.05 bits per heavy atom. The Hall–Kier alpha value is -3.55. The van der Waals surface area contributed by atoms with E-state index in [-0.39, 0.29) is 23.2 Å². The molecule has 1 amide bonds. The van der Waals surface area contributed by atoms with Gasteiger partial charge in [0.05, 0.1) is 18.2 Å². The fourth-order valence-corrected chi connectivity index (χ4v) is 4.57. The first-order valence-corrected chi connectivity index (χ1v) is 12.8. The molecule has 0 saturated heterocycles. The first-order valence-electron chi connectivity index (χ1n) is 12.4. The average Bonchev–Trinajstić information content (AvgIpc) is 3.31. The Morgan fingerprint density at radius 2 is 1.73 bits per heavy atom. The number of nitrogens with zero attached hydrogens (tertiary/aromatic N) is 4. The van der Waals surface area contributed by atoms with Crippen LogP contribution >= 0.6 is 11.6 Å². The van der Waals surface area contributed by atoms with Crippen molar-refractivity contribution in [1.82, 2.24) is 19.7 Å². The first-order chi connectivity index (χ1) is 17.9. The number of hydrogen-bond donors (Lipinski definition) is 1. The Kier molecular flexibility index (Phi) is 8.69. The summed E-state index contributed by atoms with van der Waals surface area (Å²) in [4.78, 5) is 20.4. The minimum absolute atomic E-state index is 0.0128. The molecule has 0 bridgehead atoms. The molecule has 192 valence electrons. The van der Waals surface area contributed by atoms with Gasteiger partial charge in [0.2, 0.25) is 0 Å². The number of aromatic nitrogens is 3. The van der Waals surface area contributed by atoms with Crippen LogP contribution in [-0.2, 0) is 6.54 Å². The summed E-state index contributed by atoms with van der Waals surface area (Å²) in [7, 11) is 0. The SMILES string of the molecule is CC(C)[C@H](c1nc(-c2cc(Cl)ccc2F)nn1Cc1ccccc1)N(CCCN)C(=O)c1ccccc1. The minimum atomic E-state index is -0.464. The Morgan fingerprint density at radius 3 is 2.38 bits per heavy atom. The van der Waals surface area contributed by atoms with Crippen molar-refractivity contribution in [2.45, 2.75) is 32.9 Å². The smallest absolute Gasteiger partial charge is 0.254 e. The van der Waals surface area contributed by atoms with Gasteiger partial charge in [0.1, 0.15) is 5.82 Å². The maximum atomic E-state index is 14.8. The highest BCUT2D eigenvalue weighted by molar-refractivity contribution is 6.30. The van der Waals surface area contributed by atoms with Gasteiger partial charge in [-0.3, -0.25) is 4.79 Å². The van der Waals surface area contributed by atoms with E-state index in [0.29, 0.717) is 42.5 Å². The van der Waals surface area contributed by atoms with Crippen molar-refractivity contribution >= 4 is 17.5 Å². The van der Waals surface area contributed by atoms with Crippen LogP contribution in [0.4, 0.5) is 4.39 Å². The zero-order valence-corrected chi connectivity index (χ0v) is 21.8. The van der Waals surface area contributed by atoms with Crippen LogP contribution in [0.1, 0.15) is 48.1 Å². The van der Waals surface area contributed by atoms with E-state index in [4.69, 9.17) is 27.4 Å². The van der Waals surface area contributed by atoms with Crippen molar-refractivity contribution in [3.63, 3.8) is 0 Å². The Labute approximate surface area is 221 Å². The third-order valence-electron chi connectivity index (χ3n) is 6.16. The molecule has 6 nitrogen and oxygen atoms in total. The van der Waals surface area contributed by atoms with Gasteiger partial charge < -0.3 is 10.6 Å². The van der Waals surface area contributed by atoms with Gasteiger partial charge in [-0.15, -0.1) is 0 Å². The lowest BCUT2D eigenvalue weighted by molar-refractivity contribution is 0.0603. The predicted octanol–water partition coefficient (Wildman–Crippen LogP) is 5.97. The van der Waals surface area contributed by atoms with E-state index in [1.165, 1.54) is 18.2 Å². The van der Waals surface area contributed by atoms with Gasteiger partial charge in [0, 0.05) is 17.1 Å². The van der Waals surface area contributed by atoms with E-state index >= 15 is 0 Å². The second kappa shape index (κ2) is 12.1. The normalized spacial score (nSPS) is 12.1. The van der Waals surface area contributed by atoms with Crippen molar-refractivity contribution in [1.29, 1.82) is 0 Å². The lowest BCUT2D eigenvalue weighted by atomic mass is 9.99. The molecule has 3 aromatic carbocycles. The van der Waals surface area contributed by atoms with Crippen LogP contribution in [0.5, 0.6) is 0 Å². The summed E-state index contributed by atoms with van der Waals surface area (Å²) in [5.41, 5.74) is 7.66. The van der Waals surface area contributed by atoms with E-state index in [9.17, 15) is 9.18 Å². The molecule has 4 rings (SSSR count). The molecule has 0 radical (unpaired) electrons. The summed E-state index contributed by atoms with van der Waals surface area (Å²) in [6, 6.07) is 22.9. The number of carbonyl (C=O) groups excluding carboxylic acids is 1. The minimum Gasteiger partial charge on any atom is -0.330 e. The van der Waals surface area contributed by atoms with Crippen LogP contribution in [0.2, 0.25) is 5.02 Å². The van der Waals surface area contributed by atoms with Gasteiger partial charge in [0.25, 0.3) is 5.91 Å². The maximum absolute atomic E-state index is 14.8. The third-order valence-corrected chi connectivity index (χ3v) is 6.40. The number of nitrogens with two attached hydrogens (primary N) is 1. The molecule has 8 heteroatoms. The molecule has 0 saturated carbocycles. The van der Waals surface area contributed by atoms with E-state index in [2.05, 4.69) is 0 Å². The number of halogens is 2. The van der Waals surface area contributed by atoms with Gasteiger partial charge in [-0.2, -0.15) is 5.10 Å². The second-order valence-electron chi connectivity index (χ2n) is 9.26. The fourth-order valence-electron chi connectivity index (χ4n) is 4.40. The Bertz CT molecular complexity index is 1330. The van der Waals surface area contributed by atoms with Crippen LogP contribution in [0, 0.1) is 11.7 Å². The molecule has 0 spiro atoms. The molecule has 0 aliphatic carbocycles. The summed E-state index contributed by atoms with van der Waals surface area (Å²) in [6.45, 7) is 5.39. The zero-order valence-electron chi connectivity index (χ0n) is 21.0. The van der Waals surface area contributed by atoms with E-state index in [1.807, 2.05) is 67.3 Å². The van der Waals surface area contributed by atoms with Crippen molar-refractivity contribution in [2.24, 2.45) is 11.7 Å². The summed E-state index contributed by atoms with van der Waals surface area (Å²) < 4.78 is 16.6. The van der Waals surface area contributed by atoms with Crippen LogP contribution in [0.15, 0.2) is 78.9 Å². The van der Waals surface area contributed by atoms with Crippen molar-refractivity contribution in [3.8, 4) is 11.4 Å². The highest BCUT2D eigenvalue weighted by atomic mass is 35.5. The number of benzene rings is 3. The third kappa shape index (κ3) is 6.24. The van der Waals surface area contributed by atoms with Crippen molar-refractivity contribution in [3.05, 3.63) is 107 Å². The first kappa shape index (κ1) is 26.5. The fraction of sp³-hybridized carbons (Fsp3) is 0.276. The monoisotopic (exact) mass is 519 g/mol. The molecule has 1 heterocycles. The molecule has 2 N–H and O–H groups in total. The molecule has 4 aromatic rings. The van der Waals surface area contributed by atoms with Crippen molar-refractivity contribution in [2.75, 3.05) is 13.1 Å². The summed E-state index contributed by atoms with van der Waals surface area (Å²) in [5.74, 6) is 0.213. The number of rotatable bonds is 10. The molecular formula is C29H31ClFN5O. The number of amides is 1. The number of carbonyl (C=O) groups is 1. The van der Waals surface area contributed by atoms with Gasteiger partial charge in [0.15, 0.2) is 11.6 Å². The average molecular weight is 520 g/mol. The largest absolute Gasteiger partial charge is 0.330 e. The number of hydrogen-bond acceptors (Lipinski definition) is 4. The molecule has 37 heavy (non-hydrogen) atoms. The van der Waals surface area contributed by atoms with E-state index < -0.39 is 11.9 Å². The van der Waals surface area contributed by atoms with Gasteiger partial charge in [-0.25, -0.2) is 14.1 Å². The summed E-state index contributed by atoms with van der Waals surface area (Å²) in [5, 5.41) is 5.11. The standard InChI is InChI=1S/C29H31ClFN5O/c1-20(2)26(35(17-9-16-32)29(37)22-12-7-4-8-13-22)28-33-27(24-18-23(30)14-15-25(24)31)34-36(28)19-21-10-5-3-6-11-21/h3-8,10-15,18,20,26H,9,16-17,19,32H2,1-2H3/t26-/m1/s1. The summed E-state index contributed by atoms with van der Waals surface area (Å²) >= 11 is 6.18. The molecular weight excluding hydrogens is 489 g/mol. The quantitative estimate of drug-likeness (QED) is 0.280.